The van der Waals surface area contributed by atoms with Gasteiger partial charge in [0.25, 0.3) is 0 Å². The van der Waals surface area contributed by atoms with Gasteiger partial charge in [0.1, 0.15) is 5.75 Å². The highest BCUT2D eigenvalue weighted by Gasteiger charge is 2.90. The van der Waals surface area contributed by atoms with Crippen LogP contribution in [0, 0.1) is 6.92 Å². The summed E-state index contributed by atoms with van der Waals surface area (Å²) in [5.41, 5.74) is -2.39. The fourth-order valence-corrected chi connectivity index (χ4v) is 2.18. The monoisotopic (exact) mass is 468 g/mol. The smallest absolute Gasteiger partial charge is 0.460 e. The van der Waals surface area contributed by atoms with Gasteiger partial charge < -0.3 is 4.74 Å². The van der Waals surface area contributed by atoms with Crippen molar-refractivity contribution in [3.05, 3.63) is 29.3 Å². The molecule has 1 aromatic rings. The summed E-state index contributed by atoms with van der Waals surface area (Å²) < 4.78 is 176. The van der Waals surface area contributed by atoms with Crippen LogP contribution < -0.4 is 4.74 Å². The Kier molecular flexibility index (Phi) is 6.41. The zero-order valence-electron chi connectivity index (χ0n) is 15.1. The largest absolute Gasteiger partial charge is 0.491 e. The lowest BCUT2D eigenvalue weighted by Crippen LogP contribution is -2.69. The number of hydrogen-bond donors (Lipinski definition) is 0. The molecule has 0 saturated carbocycles. The van der Waals surface area contributed by atoms with E-state index in [-0.39, 0.29) is 23.4 Å². The van der Waals surface area contributed by atoms with E-state index in [1.165, 1.54) is 13.8 Å². The van der Waals surface area contributed by atoms with E-state index in [0.717, 1.165) is 6.92 Å². The highest BCUT2D eigenvalue weighted by atomic mass is 19.4. The van der Waals surface area contributed by atoms with Gasteiger partial charge >= 0.3 is 35.8 Å². The Labute approximate surface area is 160 Å². The Morgan fingerprint density at radius 3 is 1.47 bits per heavy atom. The van der Waals surface area contributed by atoms with Crippen LogP contribution in [-0.2, 0) is 5.92 Å². The van der Waals surface area contributed by atoms with Crippen LogP contribution in [0.25, 0.3) is 0 Å². The van der Waals surface area contributed by atoms with Gasteiger partial charge in [-0.05, 0) is 44.5 Å². The summed E-state index contributed by atoms with van der Waals surface area (Å²) in [6, 6.07) is 0.783. The van der Waals surface area contributed by atoms with Crippen LogP contribution in [0.1, 0.15) is 25.0 Å². The fourth-order valence-electron chi connectivity index (χ4n) is 2.18. The first-order valence-electron chi connectivity index (χ1n) is 7.79. The molecule has 0 unspecified atom stereocenters. The van der Waals surface area contributed by atoms with Crippen LogP contribution in [0.15, 0.2) is 18.2 Å². The van der Waals surface area contributed by atoms with Gasteiger partial charge in [0.05, 0.1) is 6.10 Å². The SMILES string of the molecule is Cc1cc(C(F)(F)C(F)(F)C(F)(F)C(F)(F)C(F)(F)C(F)(F)F)ccc1OC(C)C. The molecular weight excluding hydrogens is 455 g/mol. The summed E-state index contributed by atoms with van der Waals surface area (Å²) in [6.07, 6.45) is -7.98. The van der Waals surface area contributed by atoms with E-state index < -0.39 is 47.5 Å². The van der Waals surface area contributed by atoms with Crippen LogP contribution in [-0.4, -0.2) is 36.0 Å². The first-order valence-corrected chi connectivity index (χ1v) is 7.79. The molecule has 0 saturated heterocycles. The Hall–Kier alpha value is -1.89. The first kappa shape index (κ1) is 26.1. The maximum absolute atomic E-state index is 14.1. The summed E-state index contributed by atoms with van der Waals surface area (Å²) >= 11 is 0. The third-order valence-electron chi connectivity index (χ3n) is 3.83. The number of aryl methyl sites for hydroxylation is 1. The van der Waals surface area contributed by atoms with Crippen molar-refractivity contribution in [3.8, 4) is 5.75 Å². The van der Waals surface area contributed by atoms with Gasteiger partial charge in [-0.3, -0.25) is 0 Å². The molecule has 1 aromatic carbocycles. The van der Waals surface area contributed by atoms with Crippen LogP contribution in [0.3, 0.4) is 0 Å². The van der Waals surface area contributed by atoms with Crippen molar-refractivity contribution in [3.63, 3.8) is 0 Å². The predicted molar refractivity (Wildman–Crippen MR) is 76.7 cm³/mol. The third-order valence-corrected chi connectivity index (χ3v) is 3.83. The number of halogens is 13. The molecule has 1 nitrogen and oxygen atoms in total. The van der Waals surface area contributed by atoms with Crippen molar-refractivity contribution in [1.29, 1.82) is 0 Å². The Morgan fingerprint density at radius 1 is 0.667 bits per heavy atom. The zero-order chi connectivity index (χ0) is 24.1. The molecule has 0 heterocycles. The van der Waals surface area contributed by atoms with Crippen LogP contribution in [0.2, 0.25) is 0 Å². The molecule has 0 aliphatic heterocycles. The van der Waals surface area contributed by atoms with E-state index in [9.17, 15) is 57.1 Å². The van der Waals surface area contributed by atoms with E-state index in [4.69, 9.17) is 4.74 Å². The van der Waals surface area contributed by atoms with Crippen molar-refractivity contribution >= 4 is 0 Å². The van der Waals surface area contributed by atoms with Crippen molar-refractivity contribution in [2.75, 3.05) is 0 Å². The Balaban J connectivity index is 3.55. The second kappa shape index (κ2) is 7.36. The van der Waals surface area contributed by atoms with Crippen molar-refractivity contribution in [2.45, 2.75) is 62.7 Å². The van der Waals surface area contributed by atoms with Crippen molar-refractivity contribution in [2.24, 2.45) is 0 Å². The zero-order valence-corrected chi connectivity index (χ0v) is 15.1. The van der Waals surface area contributed by atoms with Gasteiger partial charge in [-0.1, -0.05) is 0 Å². The summed E-state index contributed by atoms with van der Waals surface area (Å²) in [7, 11) is 0. The van der Waals surface area contributed by atoms with Gasteiger partial charge in [0.15, 0.2) is 0 Å². The maximum Gasteiger partial charge on any atom is 0.460 e. The quantitative estimate of drug-likeness (QED) is 0.393. The van der Waals surface area contributed by atoms with Gasteiger partial charge in [-0.2, -0.15) is 57.1 Å². The van der Waals surface area contributed by atoms with Gasteiger partial charge in [0, 0.05) is 5.56 Å². The molecule has 1 rings (SSSR count). The molecule has 0 N–H and O–H groups in total. The highest BCUT2D eigenvalue weighted by Crippen LogP contribution is 2.62. The number of rotatable bonds is 7. The summed E-state index contributed by atoms with van der Waals surface area (Å²) in [5, 5.41) is 0. The van der Waals surface area contributed by atoms with Gasteiger partial charge in [0.2, 0.25) is 0 Å². The minimum Gasteiger partial charge on any atom is -0.491 e. The van der Waals surface area contributed by atoms with E-state index in [2.05, 4.69) is 0 Å². The lowest BCUT2D eigenvalue weighted by atomic mass is 9.90. The van der Waals surface area contributed by atoms with Crippen molar-refractivity contribution in [1.82, 2.24) is 0 Å². The van der Waals surface area contributed by atoms with E-state index in [0.29, 0.717) is 6.07 Å². The second-order valence-corrected chi connectivity index (χ2v) is 6.52. The third kappa shape index (κ3) is 3.77. The molecule has 0 aliphatic rings. The number of alkyl halides is 13. The molecule has 0 amide bonds. The van der Waals surface area contributed by atoms with Crippen molar-refractivity contribution < 1.29 is 61.8 Å². The van der Waals surface area contributed by atoms with Gasteiger partial charge in [-0.25, -0.2) is 0 Å². The van der Waals surface area contributed by atoms with Crippen LogP contribution >= 0.6 is 0 Å². The second-order valence-electron chi connectivity index (χ2n) is 6.52. The molecular formula is C16H13F13O. The molecule has 0 aromatic heterocycles. The van der Waals surface area contributed by atoms with E-state index in [1.807, 2.05) is 0 Å². The lowest BCUT2D eigenvalue weighted by molar-refractivity contribution is -0.441. The van der Waals surface area contributed by atoms with E-state index >= 15 is 0 Å². The topological polar surface area (TPSA) is 9.23 Å². The molecule has 0 fully saturated rings. The molecule has 0 atom stereocenters. The summed E-state index contributed by atoms with van der Waals surface area (Å²) in [6.45, 7) is 3.93. The molecule has 30 heavy (non-hydrogen) atoms. The average molecular weight is 468 g/mol. The Bertz CT molecular complexity index is 765. The maximum atomic E-state index is 14.1. The highest BCUT2D eigenvalue weighted by molar-refractivity contribution is 5.39. The van der Waals surface area contributed by atoms with Crippen LogP contribution in [0.5, 0.6) is 5.75 Å². The Morgan fingerprint density at radius 2 is 1.10 bits per heavy atom. The standard InChI is InChI=1S/C16H13F13O/c1-7(2)30-10-5-4-9(6-8(10)3)11(17,18)12(19,20)13(21,22)14(23,24)15(25,26)16(27,28)29/h4-7H,1-3H3. The fraction of sp³-hybridized carbons (Fsp3) is 0.625. The lowest BCUT2D eigenvalue weighted by Gasteiger charge is -2.39. The van der Waals surface area contributed by atoms with E-state index in [1.54, 1.807) is 0 Å². The molecule has 0 bridgehead atoms. The normalized spacial score (nSPS) is 15.0. The first-order chi connectivity index (χ1) is 13.1. The average Bonchev–Trinajstić information content (AvgIpc) is 2.54. The summed E-state index contributed by atoms with van der Waals surface area (Å²) in [5.74, 6) is -37.3. The van der Waals surface area contributed by atoms with Crippen LogP contribution in [0.4, 0.5) is 57.1 Å². The number of benzene rings is 1. The molecule has 0 radical (unpaired) electrons. The molecule has 0 spiro atoms. The predicted octanol–water partition coefficient (Wildman–Crippen LogP) is 6.98. The molecule has 174 valence electrons. The molecule has 0 aliphatic carbocycles. The number of ether oxygens (including phenoxy) is 1. The summed E-state index contributed by atoms with van der Waals surface area (Å²) in [4.78, 5) is 0. The van der Waals surface area contributed by atoms with Gasteiger partial charge in [-0.15, -0.1) is 0 Å². The number of hydrogen-bond acceptors (Lipinski definition) is 1. The minimum atomic E-state index is -7.92. The molecule has 14 heteroatoms. The minimum absolute atomic E-state index is 0.0642.